The van der Waals surface area contributed by atoms with Crippen LogP contribution in [0.1, 0.15) is 39.0 Å². The minimum atomic E-state index is 0.674. The summed E-state index contributed by atoms with van der Waals surface area (Å²) in [5, 5.41) is 7.77. The molecule has 0 aromatic rings. The Kier molecular flexibility index (Phi) is 7.00. The van der Waals surface area contributed by atoms with Gasteiger partial charge in [-0.25, -0.2) is 0 Å². The van der Waals surface area contributed by atoms with Gasteiger partial charge in [0.2, 0.25) is 0 Å². The topological polar surface area (TPSA) is 39.7 Å². The number of nitrogens with zero attached hydrogens (tertiary/aromatic N) is 2. The molecule has 2 fully saturated rings. The molecule has 2 unspecified atom stereocenters. The van der Waals surface area contributed by atoms with E-state index in [0.717, 1.165) is 30.8 Å². The minimum absolute atomic E-state index is 0.674. The summed E-state index contributed by atoms with van der Waals surface area (Å²) in [5.74, 6) is 2.30. The molecular formula is C15H30N4S. The molecular weight excluding hydrogens is 268 g/mol. The lowest BCUT2D eigenvalue weighted by molar-refractivity contribution is 0.157. The quantitative estimate of drug-likeness (QED) is 0.601. The molecule has 4 nitrogen and oxygen atoms in total. The van der Waals surface area contributed by atoms with Crippen molar-refractivity contribution < 1.29 is 0 Å². The van der Waals surface area contributed by atoms with Crippen molar-refractivity contribution >= 4 is 17.7 Å². The van der Waals surface area contributed by atoms with Crippen molar-refractivity contribution in [2.24, 2.45) is 4.99 Å². The molecule has 0 aliphatic carbocycles. The van der Waals surface area contributed by atoms with Gasteiger partial charge in [-0.1, -0.05) is 13.3 Å². The Labute approximate surface area is 128 Å². The summed E-state index contributed by atoms with van der Waals surface area (Å²) < 4.78 is 0. The van der Waals surface area contributed by atoms with Crippen LogP contribution in [0.15, 0.2) is 4.99 Å². The van der Waals surface area contributed by atoms with Crippen molar-refractivity contribution in [2.45, 2.75) is 50.3 Å². The number of guanidine groups is 1. The Morgan fingerprint density at radius 2 is 2.05 bits per heavy atom. The van der Waals surface area contributed by atoms with Gasteiger partial charge in [-0.3, -0.25) is 9.89 Å². The molecule has 2 heterocycles. The van der Waals surface area contributed by atoms with Crippen molar-refractivity contribution in [1.29, 1.82) is 0 Å². The maximum atomic E-state index is 4.35. The molecule has 2 aliphatic heterocycles. The van der Waals surface area contributed by atoms with E-state index in [1.165, 1.54) is 44.4 Å². The minimum Gasteiger partial charge on any atom is -0.355 e. The summed E-state index contributed by atoms with van der Waals surface area (Å²) in [5.41, 5.74) is 0. The van der Waals surface area contributed by atoms with Crippen LogP contribution in [0.4, 0.5) is 0 Å². The highest BCUT2D eigenvalue weighted by Gasteiger charge is 2.21. The highest BCUT2D eigenvalue weighted by molar-refractivity contribution is 8.00. The molecule has 0 amide bonds. The van der Waals surface area contributed by atoms with Gasteiger partial charge in [-0.15, -0.1) is 0 Å². The molecule has 2 atom stereocenters. The number of hydrogen-bond donors (Lipinski definition) is 2. The van der Waals surface area contributed by atoms with Crippen LogP contribution >= 0.6 is 11.8 Å². The van der Waals surface area contributed by atoms with Crippen LogP contribution < -0.4 is 10.6 Å². The zero-order valence-corrected chi connectivity index (χ0v) is 13.8. The molecule has 2 rings (SSSR count). The number of likely N-dealkylation sites (tertiary alicyclic amines) is 1. The fourth-order valence-electron chi connectivity index (χ4n) is 3.16. The number of hydrogen-bond acceptors (Lipinski definition) is 3. The van der Waals surface area contributed by atoms with E-state index in [4.69, 9.17) is 0 Å². The second-order valence-corrected chi connectivity index (χ2v) is 7.16. The van der Waals surface area contributed by atoms with Crippen LogP contribution in [0.5, 0.6) is 0 Å². The van der Waals surface area contributed by atoms with E-state index in [1.807, 2.05) is 7.05 Å². The summed E-state index contributed by atoms with van der Waals surface area (Å²) in [6.07, 6.45) is 6.76. The van der Waals surface area contributed by atoms with E-state index in [-0.39, 0.29) is 0 Å². The van der Waals surface area contributed by atoms with Gasteiger partial charge >= 0.3 is 0 Å². The number of thioether (sulfide) groups is 1. The van der Waals surface area contributed by atoms with Gasteiger partial charge in [0, 0.05) is 31.4 Å². The molecule has 0 spiro atoms. The third kappa shape index (κ3) is 4.85. The van der Waals surface area contributed by atoms with Gasteiger partial charge in [0.05, 0.1) is 0 Å². The van der Waals surface area contributed by atoms with Crippen LogP contribution in [0, 0.1) is 0 Å². The zero-order chi connectivity index (χ0) is 14.2. The van der Waals surface area contributed by atoms with E-state index in [9.17, 15) is 0 Å². The maximum Gasteiger partial charge on any atom is 0.191 e. The first kappa shape index (κ1) is 16.0. The number of nitrogens with one attached hydrogen (secondary N) is 2. The maximum absolute atomic E-state index is 4.35. The average Bonchev–Trinajstić information content (AvgIpc) is 3.01. The lowest BCUT2D eigenvalue weighted by atomic mass is 10.0. The van der Waals surface area contributed by atoms with E-state index in [2.05, 4.69) is 39.2 Å². The first-order valence-electron chi connectivity index (χ1n) is 8.13. The summed E-state index contributed by atoms with van der Waals surface area (Å²) in [6.45, 7) is 6.76. The molecule has 0 aromatic carbocycles. The summed E-state index contributed by atoms with van der Waals surface area (Å²) in [6, 6.07) is 0.674. The van der Waals surface area contributed by atoms with E-state index >= 15 is 0 Å². The molecule has 2 N–H and O–H groups in total. The number of rotatable bonds is 5. The molecule has 0 saturated carbocycles. The van der Waals surface area contributed by atoms with Gasteiger partial charge in [-0.2, -0.15) is 11.8 Å². The van der Waals surface area contributed by atoms with E-state index < -0.39 is 0 Å². The summed E-state index contributed by atoms with van der Waals surface area (Å²) >= 11 is 2.09. The fourth-order valence-corrected chi connectivity index (χ4v) is 4.36. The standard InChI is InChI=1S/C15H30N4S/c1-3-19-9-5-4-7-13(19)11-17-15(16-2)18-12-14-8-6-10-20-14/h13-14H,3-12H2,1-2H3,(H2,16,17,18). The summed E-state index contributed by atoms with van der Waals surface area (Å²) in [7, 11) is 1.87. The lowest BCUT2D eigenvalue weighted by Crippen LogP contribution is -2.49. The highest BCUT2D eigenvalue weighted by Crippen LogP contribution is 2.25. The second-order valence-electron chi connectivity index (χ2n) is 5.75. The molecule has 2 saturated heterocycles. The molecule has 20 heavy (non-hydrogen) atoms. The molecule has 5 heteroatoms. The smallest absolute Gasteiger partial charge is 0.191 e. The van der Waals surface area contributed by atoms with E-state index in [1.54, 1.807) is 0 Å². The van der Waals surface area contributed by atoms with E-state index in [0.29, 0.717) is 6.04 Å². The lowest BCUT2D eigenvalue weighted by Gasteiger charge is -2.35. The second kappa shape index (κ2) is 8.78. The Morgan fingerprint density at radius 3 is 2.75 bits per heavy atom. The van der Waals surface area contributed by atoms with Crippen LogP contribution in [0.3, 0.4) is 0 Å². The number of piperidine rings is 1. The van der Waals surface area contributed by atoms with Gasteiger partial charge in [0.15, 0.2) is 5.96 Å². The SMILES string of the molecule is CCN1CCCCC1CNC(=NC)NCC1CCCS1. The van der Waals surface area contributed by atoms with Crippen molar-refractivity contribution in [1.82, 2.24) is 15.5 Å². The van der Waals surface area contributed by atoms with Crippen LogP contribution in [0.25, 0.3) is 0 Å². The van der Waals surface area contributed by atoms with Crippen LogP contribution in [-0.2, 0) is 0 Å². The van der Waals surface area contributed by atoms with Gasteiger partial charge in [0.25, 0.3) is 0 Å². The van der Waals surface area contributed by atoms with Crippen molar-refractivity contribution in [3.05, 3.63) is 0 Å². The molecule has 0 bridgehead atoms. The zero-order valence-electron chi connectivity index (χ0n) is 13.0. The average molecular weight is 298 g/mol. The first-order chi connectivity index (χ1) is 9.83. The normalized spacial score (nSPS) is 28.6. The number of aliphatic imine (C=N–C) groups is 1. The molecule has 2 aliphatic rings. The fraction of sp³-hybridized carbons (Fsp3) is 0.933. The monoisotopic (exact) mass is 298 g/mol. The Morgan fingerprint density at radius 1 is 1.20 bits per heavy atom. The van der Waals surface area contributed by atoms with Crippen LogP contribution in [0.2, 0.25) is 0 Å². The van der Waals surface area contributed by atoms with Gasteiger partial charge < -0.3 is 10.6 Å². The van der Waals surface area contributed by atoms with Gasteiger partial charge in [-0.05, 0) is 44.5 Å². The Balaban J connectivity index is 1.69. The molecule has 116 valence electrons. The third-order valence-corrected chi connectivity index (χ3v) is 5.80. The highest BCUT2D eigenvalue weighted by atomic mass is 32.2. The van der Waals surface area contributed by atoms with Crippen molar-refractivity contribution in [2.75, 3.05) is 39.0 Å². The first-order valence-corrected chi connectivity index (χ1v) is 9.18. The van der Waals surface area contributed by atoms with Gasteiger partial charge in [0.1, 0.15) is 0 Å². The van der Waals surface area contributed by atoms with Crippen molar-refractivity contribution in [3.8, 4) is 0 Å². The van der Waals surface area contributed by atoms with Crippen molar-refractivity contribution in [3.63, 3.8) is 0 Å². The number of likely N-dealkylation sites (N-methyl/N-ethyl adjacent to an activating group) is 1. The van der Waals surface area contributed by atoms with Crippen LogP contribution in [-0.4, -0.2) is 61.1 Å². The predicted molar refractivity (Wildman–Crippen MR) is 89.7 cm³/mol. The molecule has 0 aromatic heterocycles. The molecule has 0 radical (unpaired) electrons. The summed E-state index contributed by atoms with van der Waals surface area (Å²) in [4.78, 5) is 6.94. The largest absolute Gasteiger partial charge is 0.355 e. The predicted octanol–water partition coefficient (Wildman–Crippen LogP) is 1.92. The Bertz CT molecular complexity index is 302. The Hall–Kier alpha value is -0.420. The third-order valence-electron chi connectivity index (χ3n) is 4.41.